The van der Waals surface area contributed by atoms with Gasteiger partial charge >= 0.3 is 0 Å². The summed E-state index contributed by atoms with van der Waals surface area (Å²) < 4.78 is 29.3. The fourth-order valence-corrected chi connectivity index (χ4v) is 4.17. The molecule has 9 heteroatoms. The van der Waals surface area contributed by atoms with E-state index in [1.54, 1.807) is 23.2 Å². The second kappa shape index (κ2) is 6.70. The third kappa shape index (κ3) is 3.14. The van der Waals surface area contributed by atoms with Crippen LogP contribution in [0, 0.1) is 17.6 Å². The van der Waals surface area contributed by atoms with Crippen LogP contribution >= 0.6 is 0 Å². The van der Waals surface area contributed by atoms with E-state index in [4.69, 9.17) is 0 Å². The number of H-pyrrole nitrogens is 1. The van der Waals surface area contributed by atoms with Gasteiger partial charge in [0.25, 0.3) is 0 Å². The number of halogens is 2. The third-order valence-electron chi connectivity index (χ3n) is 6.06. The van der Waals surface area contributed by atoms with E-state index in [1.165, 1.54) is 0 Å². The number of hydrogen-bond donors (Lipinski definition) is 3. The van der Waals surface area contributed by atoms with Gasteiger partial charge in [-0.3, -0.25) is 5.10 Å². The van der Waals surface area contributed by atoms with Gasteiger partial charge in [-0.2, -0.15) is 5.10 Å². The number of piperazine rings is 1. The van der Waals surface area contributed by atoms with Gasteiger partial charge in [0.1, 0.15) is 5.69 Å². The Morgan fingerprint density at radius 3 is 2.90 bits per heavy atom. The van der Waals surface area contributed by atoms with Crippen molar-refractivity contribution in [1.29, 1.82) is 0 Å². The van der Waals surface area contributed by atoms with Crippen molar-refractivity contribution in [2.75, 3.05) is 24.5 Å². The zero-order valence-electron chi connectivity index (χ0n) is 16.0. The number of fused-ring (bicyclic) bond motifs is 1. The Balaban J connectivity index is 1.51. The van der Waals surface area contributed by atoms with E-state index >= 15 is 0 Å². The average Bonchev–Trinajstić information content (AvgIpc) is 3.50. The van der Waals surface area contributed by atoms with Gasteiger partial charge in [-0.05, 0) is 37.8 Å². The van der Waals surface area contributed by atoms with Crippen molar-refractivity contribution in [2.24, 2.45) is 5.92 Å². The standard InChI is InChI=1S/C20H22F2N6O/c1-20(29,11-4-5-11)15-10-28(8-7-23-15)19-14(22)9-13(21)17(25-19)16-12-3-2-6-24-18(12)27-26-16/h2-3,6,9,11,15,23,29H,4-5,7-8,10H2,1H3,(H,24,26,27)/t15?,20-/m1/s1. The van der Waals surface area contributed by atoms with E-state index in [0.29, 0.717) is 36.4 Å². The van der Waals surface area contributed by atoms with E-state index < -0.39 is 17.2 Å². The van der Waals surface area contributed by atoms with Crippen LogP contribution in [0.4, 0.5) is 14.6 Å². The molecule has 3 aromatic heterocycles. The highest BCUT2D eigenvalue weighted by Gasteiger charge is 2.47. The van der Waals surface area contributed by atoms with Gasteiger partial charge in [-0.25, -0.2) is 18.7 Å². The summed E-state index contributed by atoms with van der Waals surface area (Å²) in [5, 5.41) is 21.7. The molecule has 1 aliphatic heterocycles. The first kappa shape index (κ1) is 18.4. The summed E-state index contributed by atoms with van der Waals surface area (Å²) in [7, 11) is 0. The normalized spacial score (nSPS) is 22.1. The quantitative estimate of drug-likeness (QED) is 0.622. The SMILES string of the molecule is C[C@@](O)(C1CC1)C1CN(c2nc(-c3[nH]nc4ncccc34)c(F)cc2F)CCN1. The molecule has 7 nitrogen and oxygen atoms in total. The molecule has 0 radical (unpaired) electrons. The molecule has 3 aromatic rings. The van der Waals surface area contributed by atoms with Gasteiger partial charge in [0.05, 0.1) is 17.3 Å². The van der Waals surface area contributed by atoms with Crippen LogP contribution in [0.15, 0.2) is 24.4 Å². The summed E-state index contributed by atoms with van der Waals surface area (Å²) in [6, 6.07) is 4.14. The van der Waals surface area contributed by atoms with E-state index in [-0.39, 0.29) is 23.5 Å². The Labute approximate surface area is 166 Å². The van der Waals surface area contributed by atoms with Gasteiger partial charge in [-0.1, -0.05) is 0 Å². The number of anilines is 1. The Morgan fingerprint density at radius 1 is 1.28 bits per heavy atom. The molecule has 0 amide bonds. The minimum Gasteiger partial charge on any atom is -0.388 e. The number of nitrogens with one attached hydrogen (secondary N) is 2. The molecule has 0 spiro atoms. The average molecular weight is 400 g/mol. The summed E-state index contributed by atoms with van der Waals surface area (Å²) in [5.41, 5.74) is -0.0646. The van der Waals surface area contributed by atoms with Crippen molar-refractivity contribution >= 4 is 16.9 Å². The fourth-order valence-electron chi connectivity index (χ4n) is 4.17. The van der Waals surface area contributed by atoms with Crippen LogP contribution in [0.1, 0.15) is 19.8 Å². The molecule has 3 N–H and O–H groups in total. The topological polar surface area (TPSA) is 90.0 Å². The number of rotatable bonds is 4. The largest absolute Gasteiger partial charge is 0.388 e. The summed E-state index contributed by atoms with van der Waals surface area (Å²) in [4.78, 5) is 10.2. The number of nitrogens with zero attached hydrogens (tertiary/aromatic N) is 4. The lowest BCUT2D eigenvalue weighted by molar-refractivity contribution is -0.00284. The summed E-state index contributed by atoms with van der Waals surface area (Å²) in [5.74, 6) is -1.16. The summed E-state index contributed by atoms with van der Waals surface area (Å²) in [6.07, 6.45) is 3.60. The van der Waals surface area contributed by atoms with Crippen molar-refractivity contribution in [3.8, 4) is 11.4 Å². The second-order valence-corrected chi connectivity index (χ2v) is 8.05. The smallest absolute Gasteiger partial charge is 0.181 e. The predicted octanol–water partition coefficient (Wildman–Crippen LogP) is 2.24. The first-order valence-electron chi connectivity index (χ1n) is 9.81. The fraction of sp³-hybridized carbons (Fsp3) is 0.450. The molecule has 2 atom stereocenters. The minimum atomic E-state index is -0.872. The summed E-state index contributed by atoms with van der Waals surface area (Å²) >= 11 is 0. The van der Waals surface area contributed by atoms with Gasteiger partial charge < -0.3 is 15.3 Å². The molecular formula is C20H22F2N6O. The number of hydrogen-bond acceptors (Lipinski definition) is 6. The Hall–Kier alpha value is -2.65. The Kier molecular flexibility index (Phi) is 4.25. The van der Waals surface area contributed by atoms with Crippen molar-refractivity contribution in [3.63, 3.8) is 0 Å². The molecule has 2 fully saturated rings. The second-order valence-electron chi connectivity index (χ2n) is 8.05. The maximum atomic E-state index is 14.7. The van der Waals surface area contributed by atoms with E-state index in [9.17, 15) is 13.9 Å². The third-order valence-corrected chi connectivity index (χ3v) is 6.06. The summed E-state index contributed by atoms with van der Waals surface area (Å²) in [6.45, 7) is 3.31. The van der Waals surface area contributed by atoms with Gasteiger partial charge in [0.2, 0.25) is 0 Å². The predicted molar refractivity (Wildman–Crippen MR) is 104 cm³/mol. The molecule has 0 bridgehead atoms. The first-order chi connectivity index (χ1) is 13.9. The van der Waals surface area contributed by atoms with Crippen LogP contribution in [0.2, 0.25) is 0 Å². The van der Waals surface area contributed by atoms with Gasteiger partial charge in [0.15, 0.2) is 23.1 Å². The number of aromatic amines is 1. The molecule has 1 saturated carbocycles. The Morgan fingerprint density at radius 2 is 2.10 bits per heavy atom. The molecule has 29 heavy (non-hydrogen) atoms. The molecule has 1 unspecified atom stereocenters. The lowest BCUT2D eigenvalue weighted by Crippen LogP contribution is -2.61. The monoisotopic (exact) mass is 400 g/mol. The number of aliphatic hydroxyl groups is 1. The molecule has 0 aromatic carbocycles. The van der Waals surface area contributed by atoms with Gasteiger partial charge in [-0.15, -0.1) is 0 Å². The maximum Gasteiger partial charge on any atom is 0.181 e. The van der Waals surface area contributed by atoms with Crippen LogP contribution in [0.3, 0.4) is 0 Å². The highest BCUT2D eigenvalue weighted by Crippen LogP contribution is 2.42. The molecule has 152 valence electrons. The number of pyridine rings is 2. The van der Waals surface area contributed by atoms with Crippen molar-refractivity contribution in [2.45, 2.75) is 31.4 Å². The molecule has 1 aliphatic carbocycles. The highest BCUT2D eigenvalue weighted by atomic mass is 19.1. The molecule has 4 heterocycles. The maximum absolute atomic E-state index is 14.7. The Bertz CT molecular complexity index is 1060. The van der Waals surface area contributed by atoms with Crippen LogP contribution in [0.5, 0.6) is 0 Å². The van der Waals surface area contributed by atoms with Crippen LogP contribution in [-0.2, 0) is 0 Å². The highest BCUT2D eigenvalue weighted by molar-refractivity contribution is 5.89. The van der Waals surface area contributed by atoms with Crippen molar-refractivity contribution in [1.82, 2.24) is 25.5 Å². The lowest BCUT2D eigenvalue weighted by atomic mass is 9.89. The zero-order chi connectivity index (χ0) is 20.2. The molecular weight excluding hydrogens is 378 g/mol. The minimum absolute atomic E-state index is 0.000866. The van der Waals surface area contributed by atoms with Crippen LogP contribution < -0.4 is 10.2 Å². The zero-order valence-corrected chi connectivity index (χ0v) is 16.0. The van der Waals surface area contributed by atoms with Crippen LogP contribution in [0.25, 0.3) is 22.4 Å². The van der Waals surface area contributed by atoms with Crippen LogP contribution in [-0.4, -0.2) is 56.5 Å². The van der Waals surface area contributed by atoms with Gasteiger partial charge in [0, 0.05) is 37.3 Å². The molecule has 5 rings (SSSR count). The van der Waals surface area contributed by atoms with Crippen molar-refractivity contribution < 1.29 is 13.9 Å². The lowest BCUT2D eigenvalue weighted by Gasteiger charge is -2.42. The molecule has 1 saturated heterocycles. The van der Waals surface area contributed by atoms with Crippen molar-refractivity contribution in [3.05, 3.63) is 36.0 Å². The van der Waals surface area contributed by atoms with E-state index in [1.807, 2.05) is 6.92 Å². The molecule has 2 aliphatic rings. The first-order valence-corrected chi connectivity index (χ1v) is 9.81. The number of aromatic nitrogens is 4. The van der Waals surface area contributed by atoms with E-state index in [0.717, 1.165) is 18.9 Å². The van der Waals surface area contributed by atoms with E-state index in [2.05, 4.69) is 25.5 Å².